The Labute approximate surface area is 133 Å². The number of piperidine rings is 1. The third kappa shape index (κ3) is 3.18. The molecule has 23 heavy (non-hydrogen) atoms. The van der Waals surface area contributed by atoms with Crippen molar-refractivity contribution in [2.24, 2.45) is 5.92 Å². The third-order valence-corrected chi connectivity index (χ3v) is 4.40. The van der Waals surface area contributed by atoms with Crippen LogP contribution in [0.3, 0.4) is 0 Å². The van der Waals surface area contributed by atoms with Crippen molar-refractivity contribution in [2.45, 2.75) is 33.2 Å². The van der Waals surface area contributed by atoms with Gasteiger partial charge in [-0.15, -0.1) is 0 Å². The highest BCUT2D eigenvalue weighted by molar-refractivity contribution is 5.96. The monoisotopic (exact) mass is 316 g/mol. The molecule has 3 rings (SSSR count). The van der Waals surface area contributed by atoms with Gasteiger partial charge in [0.15, 0.2) is 0 Å². The van der Waals surface area contributed by atoms with Crippen LogP contribution in [0.2, 0.25) is 0 Å². The lowest BCUT2D eigenvalue weighted by Crippen LogP contribution is -2.40. The van der Waals surface area contributed by atoms with Crippen LogP contribution >= 0.6 is 0 Å². The molecular weight excluding hydrogens is 296 g/mol. The second-order valence-corrected chi connectivity index (χ2v) is 6.01. The summed E-state index contributed by atoms with van der Waals surface area (Å²) < 4.78 is 6.71. The number of likely N-dealkylation sites (tertiary alicyclic amines) is 1. The zero-order chi connectivity index (χ0) is 16.4. The maximum Gasteiger partial charge on any atom is 0.259 e. The van der Waals surface area contributed by atoms with Crippen LogP contribution in [0, 0.1) is 19.8 Å². The molecule has 0 spiro atoms. The van der Waals surface area contributed by atoms with E-state index < -0.39 is 0 Å². The molecule has 0 aliphatic carbocycles. The molecule has 1 amide bonds. The summed E-state index contributed by atoms with van der Waals surface area (Å²) in [4.78, 5) is 30.1. The number of rotatable bonds is 3. The number of carbonyl (C=O) groups excluding carboxylic acids is 1. The predicted octanol–water partition coefficient (Wildman–Crippen LogP) is 1.40. The van der Waals surface area contributed by atoms with Crippen molar-refractivity contribution in [2.75, 3.05) is 13.1 Å². The van der Waals surface area contributed by atoms with Crippen LogP contribution in [0.15, 0.2) is 27.9 Å². The molecule has 0 bridgehead atoms. The van der Waals surface area contributed by atoms with Crippen molar-refractivity contribution in [3.05, 3.63) is 46.0 Å². The zero-order valence-corrected chi connectivity index (χ0v) is 13.4. The minimum atomic E-state index is -0.0331. The summed E-state index contributed by atoms with van der Waals surface area (Å²) in [5, 5.41) is 3.85. The molecule has 1 saturated heterocycles. The summed E-state index contributed by atoms with van der Waals surface area (Å²) >= 11 is 0. The zero-order valence-electron chi connectivity index (χ0n) is 13.4. The van der Waals surface area contributed by atoms with Crippen molar-refractivity contribution in [1.82, 2.24) is 19.6 Å². The quantitative estimate of drug-likeness (QED) is 0.855. The largest absolute Gasteiger partial charge is 0.361 e. The van der Waals surface area contributed by atoms with Gasteiger partial charge in [-0.2, -0.15) is 0 Å². The molecule has 0 unspecified atom stereocenters. The van der Waals surface area contributed by atoms with E-state index in [-0.39, 0.29) is 11.5 Å². The molecular formula is C16H20N4O3. The standard InChI is InChI=1S/C16H20N4O3/c1-11-15(12(2)23-18-11)16(22)19-7-4-13(5-8-19)9-20-10-17-6-3-14(20)21/h3,6,10,13H,4-5,7-9H2,1-2H3. The van der Waals surface area contributed by atoms with E-state index in [2.05, 4.69) is 10.1 Å². The molecule has 1 aliphatic heterocycles. The Morgan fingerprint density at radius 2 is 2.09 bits per heavy atom. The number of nitrogens with zero attached hydrogens (tertiary/aromatic N) is 4. The average molecular weight is 316 g/mol. The number of hydrogen-bond donors (Lipinski definition) is 0. The Kier molecular flexibility index (Phi) is 4.27. The molecule has 0 aromatic carbocycles. The van der Waals surface area contributed by atoms with E-state index in [1.165, 1.54) is 12.3 Å². The highest BCUT2D eigenvalue weighted by Gasteiger charge is 2.27. The van der Waals surface area contributed by atoms with Crippen LogP contribution in [0.25, 0.3) is 0 Å². The molecule has 0 N–H and O–H groups in total. The van der Waals surface area contributed by atoms with Crippen LogP contribution in [-0.2, 0) is 6.54 Å². The minimum absolute atomic E-state index is 0.0155. The van der Waals surface area contributed by atoms with Crippen LogP contribution in [0.1, 0.15) is 34.7 Å². The first-order valence-electron chi connectivity index (χ1n) is 7.79. The van der Waals surface area contributed by atoms with Crippen molar-refractivity contribution >= 4 is 5.91 Å². The fourth-order valence-electron chi connectivity index (χ4n) is 3.06. The van der Waals surface area contributed by atoms with Crippen LogP contribution in [0.5, 0.6) is 0 Å². The third-order valence-electron chi connectivity index (χ3n) is 4.40. The number of aryl methyl sites for hydroxylation is 2. The van der Waals surface area contributed by atoms with Gasteiger partial charge in [0.05, 0.1) is 12.0 Å². The summed E-state index contributed by atoms with van der Waals surface area (Å²) in [7, 11) is 0. The van der Waals surface area contributed by atoms with Crippen LogP contribution < -0.4 is 5.56 Å². The number of carbonyl (C=O) groups is 1. The maximum absolute atomic E-state index is 12.6. The van der Waals surface area contributed by atoms with Gasteiger partial charge in [-0.25, -0.2) is 4.98 Å². The Balaban J connectivity index is 1.62. The average Bonchev–Trinajstić information content (AvgIpc) is 2.88. The molecule has 122 valence electrons. The normalized spacial score (nSPS) is 15.8. The van der Waals surface area contributed by atoms with E-state index in [0.29, 0.717) is 42.6 Å². The number of aromatic nitrogens is 3. The van der Waals surface area contributed by atoms with E-state index in [1.807, 2.05) is 4.90 Å². The topological polar surface area (TPSA) is 81.2 Å². The van der Waals surface area contributed by atoms with Crippen molar-refractivity contribution < 1.29 is 9.32 Å². The fourth-order valence-corrected chi connectivity index (χ4v) is 3.06. The van der Waals surface area contributed by atoms with Gasteiger partial charge in [0, 0.05) is 31.9 Å². The Hall–Kier alpha value is -2.44. The van der Waals surface area contributed by atoms with Gasteiger partial charge in [-0.05, 0) is 32.6 Å². The van der Waals surface area contributed by atoms with Crippen molar-refractivity contribution in [1.29, 1.82) is 0 Å². The van der Waals surface area contributed by atoms with E-state index in [4.69, 9.17) is 4.52 Å². The minimum Gasteiger partial charge on any atom is -0.361 e. The van der Waals surface area contributed by atoms with Gasteiger partial charge in [0.25, 0.3) is 11.5 Å². The van der Waals surface area contributed by atoms with Gasteiger partial charge in [0.1, 0.15) is 11.3 Å². The fraction of sp³-hybridized carbons (Fsp3) is 0.500. The molecule has 0 saturated carbocycles. The molecule has 2 aromatic heterocycles. The van der Waals surface area contributed by atoms with E-state index in [9.17, 15) is 9.59 Å². The smallest absolute Gasteiger partial charge is 0.259 e. The molecule has 3 heterocycles. The lowest BCUT2D eigenvalue weighted by atomic mass is 9.96. The lowest BCUT2D eigenvalue weighted by Gasteiger charge is -2.32. The second-order valence-electron chi connectivity index (χ2n) is 6.01. The number of amides is 1. The van der Waals surface area contributed by atoms with Crippen LogP contribution in [-0.4, -0.2) is 38.6 Å². The van der Waals surface area contributed by atoms with Crippen molar-refractivity contribution in [3.8, 4) is 0 Å². The molecule has 7 nitrogen and oxygen atoms in total. The molecule has 0 atom stereocenters. The number of hydrogen-bond acceptors (Lipinski definition) is 5. The summed E-state index contributed by atoms with van der Waals surface area (Å²) in [5.41, 5.74) is 1.18. The van der Waals surface area contributed by atoms with E-state index >= 15 is 0 Å². The summed E-state index contributed by atoms with van der Waals surface area (Å²) in [5.74, 6) is 0.931. The van der Waals surface area contributed by atoms with Gasteiger partial charge in [-0.1, -0.05) is 5.16 Å². The van der Waals surface area contributed by atoms with E-state index in [1.54, 1.807) is 24.7 Å². The first-order valence-corrected chi connectivity index (χ1v) is 7.79. The first kappa shape index (κ1) is 15.5. The van der Waals surface area contributed by atoms with E-state index in [0.717, 1.165) is 12.8 Å². The van der Waals surface area contributed by atoms with Gasteiger partial charge < -0.3 is 9.42 Å². The Morgan fingerprint density at radius 1 is 1.35 bits per heavy atom. The lowest BCUT2D eigenvalue weighted by molar-refractivity contribution is 0.0680. The molecule has 0 radical (unpaired) electrons. The van der Waals surface area contributed by atoms with Gasteiger partial charge in [0.2, 0.25) is 0 Å². The summed E-state index contributed by atoms with van der Waals surface area (Å²) in [6.45, 7) is 5.56. The highest BCUT2D eigenvalue weighted by Crippen LogP contribution is 2.22. The molecule has 1 fully saturated rings. The Bertz CT molecular complexity index is 737. The van der Waals surface area contributed by atoms with Crippen LogP contribution in [0.4, 0.5) is 0 Å². The maximum atomic E-state index is 12.6. The predicted molar refractivity (Wildman–Crippen MR) is 83.1 cm³/mol. The molecule has 7 heteroatoms. The second kappa shape index (κ2) is 6.36. The Morgan fingerprint density at radius 3 is 2.70 bits per heavy atom. The van der Waals surface area contributed by atoms with Gasteiger partial charge >= 0.3 is 0 Å². The van der Waals surface area contributed by atoms with Crippen molar-refractivity contribution in [3.63, 3.8) is 0 Å². The first-order chi connectivity index (χ1) is 11.1. The molecule has 2 aromatic rings. The van der Waals surface area contributed by atoms with Gasteiger partial charge in [-0.3, -0.25) is 14.2 Å². The molecule has 1 aliphatic rings. The summed E-state index contributed by atoms with van der Waals surface area (Å²) in [6.07, 6.45) is 4.82. The highest BCUT2D eigenvalue weighted by atomic mass is 16.5. The SMILES string of the molecule is Cc1noc(C)c1C(=O)N1CCC(Cn2cnccc2=O)CC1. The summed E-state index contributed by atoms with van der Waals surface area (Å²) in [6, 6.07) is 1.47.